The monoisotopic (exact) mass is 745 g/mol. The molecule has 0 fully saturated rings. The molecule has 0 bridgehead atoms. The molecule has 7 aromatic carbocycles. The first kappa shape index (κ1) is 33.1. The maximum absolute atomic E-state index is 7.15. The second-order valence-corrected chi connectivity index (χ2v) is 15.8. The maximum Gasteiger partial charge on any atom is 0.193 e. The van der Waals surface area contributed by atoms with Gasteiger partial charge in [0.05, 0.1) is 17.1 Å². The SMILES string of the molecule is C1=CC(N(C2=CCCC(c3ccccc3)=C2)c2cccc3c2Oc2cc4c(cc2O3)C2(c3ccccc3-c3ccccc32)c2ccccc2-4)CC=C1c1ccccc1. The van der Waals surface area contributed by atoms with Crippen LogP contribution in [-0.4, -0.2) is 6.04 Å². The standard InChI is InChI=1S/C55H39NO2/c1-3-15-36(16-4-1)38-29-31-40(32-30-38)56(41-20-13-19-39(33-41)37-17-5-2-6-18-37)50-27-14-28-51-54(50)58-52-34-45-44-23-9-12-26-48(44)55(49(45)35-53(52)57-51)46-24-10-7-21-42(46)43-22-8-11-25-47(43)55/h1-12,14-18,20-31,33-35,40H,13,19,32H2. The highest BCUT2D eigenvalue weighted by Crippen LogP contribution is 2.65. The molecule has 0 aromatic heterocycles. The molecule has 5 aliphatic rings. The Balaban J connectivity index is 0.988. The van der Waals surface area contributed by atoms with Crippen molar-refractivity contribution in [2.75, 3.05) is 4.90 Å². The third-order valence-electron chi connectivity index (χ3n) is 12.7. The maximum atomic E-state index is 7.15. The van der Waals surface area contributed by atoms with Gasteiger partial charge in [-0.05, 0) is 116 Å². The summed E-state index contributed by atoms with van der Waals surface area (Å²) in [5, 5.41) is 0. The number of anilines is 1. The predicted octanol–water partition coefficient (Wildman–Crippen LogP) is 13.9. The molecule has 0 saturated heterocycles. The number of hydrogen-bond donors (Lipinski definition) is 0. The highest BCUT2D eigenvalue weighted by molar-refractivity contribution is 5.96. The Morgan fingerprint density at radius 2 is 1.14 bits per heavy atom. The molecule has 0 N–H and O–H groups in total. The summed E-state index contributed by atoms with van der Waals surface area (Å²) in [6.45, 7) is 0. The van der Waals surface area contributed by atoms with Gasteiger partial charge in [-0.2, -0.15) is 0 Å². The zero-order valence-corrected chi connectivity index (χ0v) is 31.9. The van der Waals surface area contributed by atoms with Crippen molar-refractivity contribution in [3.8, 4) is 45.3 Å². The van der Waals surface area contributed by atoms with Gasteiger partial charge in [-0.1, -0.05) is 164 Å². The smallest absolute Gasteiger partial charge is 0.193 e. The van der Waals surface area contributed by atoms with Crippen LogP contribution in [-0.2, 0) is 5.41 Å². The zero-order chi connectivity index (χ0) is 38.2. The fraction of sp³-hybridized carbons (Fsp3) is 0.0909. The van der Waals surface area contributed by atoms with Gasteiger partial charge < -0.3 is 14.4 Å². The number of ether oxygens (including phenoxy) is 2. The van der Waals surface area contributed by atoms with Gasteiger partial charge in [0.25, 0.3) is 0 Å². The van der Waals surface area contributed by atoms with Crippen LogP contribution in [0.3, 0.4) is 0 Å². The first-order chi connectivity index (χ1) is 28.8. The van der Waals surface area contributed by atoms with E-state index in [9.17, 15) is 0 Å². The van der Waals surface area contributed by atoms with Crippen LogP contribution < -0.4 is 14.4 Å². The van der Waals surface area contributed by atoms with Gasteiger partial charge in [0.2, 0.25) is 0 Å². The molecular weight excluding hydrogens is 707 g/mol. The summed E-state index contributed by atoms with van der Waals surface area (Å²) in [4.78, 5) is 2.47. The third kappa shape index (κ3) is 4.86. The average Bonchev–Trinajstić information content (AvgIpc) is 3.75. The van der Waals surface area contributed by atoms with Crippen molar-refractivity contribution in [1.82, 2.24) is 0 Å². The van der Waals surface area contributed by atoms with E-state index in [-0.39, 0.29) is 6.04 Å². The topological polar surface area (TPSA) is 21.7 Å². The van der Waals surface area contributed by atoms with E-state index in [4.69, 9.17) is 9.47 Å². The van der Waals surface area contributed by atoms with Gasteiger partial charge in [0.1, 0.15) is 0 Å². The minimum atomic E-state index is -0.452. The van der Waals surface area contributed by atoms with Crippen LogP contribution in [0.4, 0.5) is 5.69 Å². The fourth-order valence-electron chi connectivity index (χ4n) is 10.3. The number of para-hydroxylation sites is 1. The van der Waals surface area contributed by atoms with Crippen LogP contribution in [0.25, 0.3) is 33.4 Å². The quantitative estimate of drug-likeness (QED) is 0.175. The van der Waals surface area contributed by atoms with E-state index >= 15 is 0 Å². The number of benzene rings is 7. The second-order valence-electron chi connectivity index (χ2n) is 15.8. The van der Waals surface area contributed by atoms with Crippen molar-refractivity contribution in [2.45, 2.75) is 30.7 Å². The molecule has 1 unspecified atom stereocenters. The molecule has 0 amide bonds. The predicted molar refractivity (Wildman–Crippen MR) is 236 cm³/mol. The van der Waals surface area contributed by atoms with E-state index < -0.39 is 5.41 Å². The molecule has 3 heteroatoms. The van der Waals surface area contributed by atoms with Gasteiger partial charge in [-0.25, -0.2) is 0 Å². The Morgan fingerprint density at radius 1 is 0.517 bits per heavy atom. The highest BCUT2D eigenvalue weighted by Gasteiger charge is 2.52. The molecule has 1 spiro atoms. The average molecular weight is 746 g/mol. The van der Waals surface area contributed by atoms with Gasteiger partial charge in [-0.3, -0.25) is 0 Å². The Hall–Kier alpha value is -7.10. The van der Waals surface area contributed by atoms with Gasteiger partial charge >= 0.3 is 0 Å². The van der Waals surface area contributed by atoms with E-state index in [0.29, 0.717) is 0 Å². The Labute approximate surface area is 339 Å². The third-order valence-corrected chi connectivity index (χ3v) is 12.7. The molecule has 58 heavy (non-hydrogen) atoms. The Morgan fingerprint density at radius 3 is 1.81 bits per heavy atom. The first-order valence-corrected chi connectivity index (χ1v) is 20.4. The lowest BCUT2D eigenvalue weighted by atomic mass is 9.70. The van der Waals surface area contributed by atoms with Crippen molar-refractivity contribution in [2.24, 2.45) is 0 Å². The van der Waals surface area contributed by atoms with Gasteiger partial charge in [0, 0.05) is 5.70 Å². The summed E-state index contributed by atoms with van der Waals surface area (Å²) >= 11 is 0. The van der Waals surface area contributed by atoms with Crippen molar-refractivity contribution in [1.29, 1.82) is 0 Å². The highest BCUT2D eigenvalue weighted by atomic mass is 16.6. The van der Waals surface area contributed by atoms with Crippen molar-refractivity contribution in [3.05, 3.63) is 233 Å². The number of nitrogens with zero attached hydrogens (tertiary/aromatic N) is 1. The number of allylic oxidation sites excluding steroid dienone is 5. The molecule has 0 radical (unpaired) electrons. The number of hydrogen-bond acceptors (Lipinski definition) is 3. The van der Waals surface area contributed by atoms with Crippen LogP contribution in [0.15, 0.2) is 200 Å². The molecule has 4 aliphatic carbocycles. The molecular formula is C55H39NO2. The lowest BCUT2D eigenvalue weighted by Gasteiger charge is -2.37. The summed E-state index contributed by atoms with van der Waals surface area (Å²) in [5.74, 6) is 2.92. The van der Waals surface area contributed by atoms with Crippen molar-refractivity contribution in [3.63, 3.8) is 0 Å². The molecule has 1 heterocycles. The number of fused-ring (bicyclic) bond motifs is 12. The normalized spacial score (nSPS) is 17.2. The molecule has 3 nitrogen and oxygen atoms in total. The van der Waals surface area contributed by atoms with Crippen molar-refractivity contribution >= 4 is 16.8 Å². The Bertz CT molecular complexity index is 2890. The van der Waals surface area contributed by atoms with E-state index in [1.54, 1.807) is 0 Å². The van der Waals surface area contributed by atoms with Crippen LogP contribution in [0, 0.1) is 0 Å². The minimum absolute atomic E-state index is 0.0656. The van der Waals surface area contributed by atoms with Crippen LogP contribution >= 0.6 is 0 Å². The zero-order valence-electron chi connectivity index (χ0n) is 31.9. The molecule has 276 valence electrons. The van der Waals surface area contributed by atoms with E-state index in [2.05, 4.69) is 193 Å². The summed E-state index contributed by atoms with van der Waals surface area (Å²) in [6.07, 6.45) is 14.6. The second kappa shape index (κ2) is 13.0. The van der Waals surface area contributed by atoms with Crippen molar-refractivity contribution < 1.29 is 9.47 Å². The van der Waals surface area contributed by atoms with Crippen LogP contribution in [0.2, 0.25) is 0 Å². The van der Waals surface area contributed by atoms with Gasteiger partial charge in [-0.15, -0.1) is 0 Å². The largest absolute Gasteiger partial charge is 0.449 e. The summed E-state index contributed by atoms with van der Waals surface area (Å²) < 4.78 is 14.1. The first-order valence-electron chi connectivity index (χ1n) is 20.4. The molecule has 1 aliphatic heterocycles. The fourth-order valence-corrected chi connectivity index (χ4v) is 10.3. The van der Waals surface area contributed by atoms with Crippen LogP contribution in [0.5, 0.6) is 23.0 Å². The van der Waals surface area contributed by atoms with E-state index in [0.717, 1.165) is 47.9 Å². The molecule has 7 aromatic rings. The lowest BCUT2D eigenvalue weighted by molar-refractivity contribution is 0.359. The summed E-state index contributed by atoms with van der Waals surface area (Å²) in [6, 6.07) is 59.0. The molecule has 0 saturated carbocycles. The lowest BCUT2D eigenvalue weighted by Crippen LogP contribution is -2.34. The van der Waals surface area contributed by atoms with Gasteiger partial charge in [0.15, 0.2) is 23.0 Å². The minimum Gasteiger partial charge on any atom is -0.449 e. The Kier molecular flexibility index (Phi) is 7.40. The van der Waals surface area contributed by atoms with E-state index in [1.807, 2.05) is 6.07 Å². The summed E-state index contributed by atoms with van der Waals surface area (Å²) in [5.41, 5.74) is 16.9. The number of rotatable bonds is 5. The summed E-state index contributed by atoms with van der Waals surface area (Å²) in [7, 11) is 0. The van der Waals surface area contributed by atoms with E-state index in [1.165, 1.54) is 72.5 Å². The van der Waals surface area contributed by atoms with Crippen LogP contribution in [0.1, 0.15) is 52.6 Å². The molecule has 1 atom stereocenters. The molecule has 12 rings (SSSR count).